The molecule has 1 saturated heterocycles. The quantitative estimate of drug-likeness (QED) is 0.672. The van der Waals surface area contributed by atoms with Crippen molar-refractivity contribution < 1.29 is 14.0 Å². The van der Waals surface area contributed by atoms with Crippen molar-refractivity contribution in [3.8, 4) is 10.6 Å². The van der Waals surface area contributed by atoms with Gasteiger partial charge in [0.2, 0.25) is 5.91 Å². The second-order valence-corrected chi connectivity index (χ2v) is 10.2. The van der Waals surface area contributed by atoms with E-state index in [1.807, 2.05) is 18.7 Å². The number of carbonyl (C=O) groups is 2. The zero-order chi connectivity index (χ0) is 22.7. The maximum absolute atomic E-state index is 13.2. The number of hydrogen-bond acceptors (Lipinski definition) is 4. The van der Waals surface area contributed by atoms with E-state index in [-0.39, 0.29) is 23.5 Å². The highest BCUT2D eigenvalue weighted by atomic mass is 32.1. The van der Waals surface area contributed by atoms with Crippen LogP contribution < -0.4 is 5.32 Å². The van der Waals surface area contributed by atoms with E-state index in [2.05, 4.69) is 10.3 Å². The Labute approximate surface area is 193 Å². The van der Waals surface area contributed by atoms with Crippen LogP contribution in [0.15, 0.2) is 24.3 Å². The van der Waals surface area contributed by atoms with E-state index in [1.165, 1.54) is 42.7 Å². The third kappa shape index (κ3) is 5.20. The van der Waals surface area contributed by atoms with Gasteiger partial charge in [-0.15, -0.1) is 11.3 Å². The van der Waals surface area contributed by atoms with E-state index >= 15 is 0 Å². The number of thiazole rings is 1. The van der Waals surface area contributed by atoms with Crippen molar-refractivity contribution >= 4 is 23.2 Å². The van der Waals surface area contributed by atoms with Crippen LogP contribution >= 0.6 is 11.3 Å². The second-order valence-electron chi connectivity index (χ2n) is 9.20. The van der Waals surface area contributed by atoms with Gasteiger partial charge in [0, 0.05) is 30.6 Å². The second kappa shape index (κ2) is 10.1. The number of likely N-dealkylation sites (tertiary alicyclic amines) is 1. The molecule has 1 aliphatic carbocycles. The lowest BCUT2D eigenvalue weighted by molar-refractivity contribution is -0.127. The van der Waals surface area contributed by atoms with Crippen LogP contribution in [-0.2, 0) is 4.79 Å². The van der Waals surface area contributed by atoms with E-state index in [9.17, 15) is 14.0 Å². The molecule has 172 valence electrons. The summed E-state index contributed by atoms with van der Waals surface area (Å²) in [5.74, 6) is 0.169. The molecule has 0 spiro atoms. The Morgan fingerprint density at radius 1 is 1.09 bits per heavy atom. The molecule has 2 fully saturated rings. The number of nitrogens with one attached hydrogen (secondary N) is 1. The first kappa shape index (κ1) is 22.9. The summed E-state index contributed by atoms with van der Waals surface area (Å²) in [6, 6.07) is 6.53. The number of aryl methyl sites for hydroxylation is 1. The predicted molar refractivity (Wildman–Crippen MR) is 125 cm³/mol. The summed E-state index contributed by atoms with van der Waals surface area (Å²) in [7, 11) is 0. The fraction of sp³-hybridized carbons (Fsp3) is 0.560. The molecular formula is C25H32FN3O2S. The van der Waals surface area contributed by atoms with E-state index in [0.717, 1.165) is 36.3 Å². The van der Waals surface area contributed by atoms with Gasteiger partial charge in [-0.05, 0) is 62.8 Å². The number of benzene rings is 1. The van der Waals surface area contributed by atoms with Gasteiger partial charge in [0.1, 0.15) is 15.7 Å². The molecule has 2 amide bonds. The van der Waals surface area contributed by atoms with Crippen LogP contribution in [0, 0.1) is 24.6 Å². The summed E-state index contributed by atoms with van der Waals surface area (Å²) in [4.78, 5) is 33.0. The predicted octanol–water partition coefficient (Wildman–Crippen LogP) is 5.19. The summed E-state index contributed by atoms with van der Waals surface area (Å²) < 4.78 is 13.2. The Morgan fingerprint density at radius 3 is 2.41 bits per heavy atom. The van der Waals surface area contributed by atoms with E-state index in [0.29, 0.717) is 35.6 Å². The minimum Gasteiger partial charge on any atom is -0.353 e. The lowest BCUT2D eigenvalue weighted by atomic mass is 9.84. The van der Waals surface area contributed by atoms with Gasteiger partial charge in [-0.3, -0.25) is 9.59 Å². The first-order valence-electron chi connectivity index (χ1n) is 11.8. The van der Waals surface area contributed by atoms with Crippen molar-refractivity contribution in [1.82, 2.24) is 15.2 Å². The van der Waals surface area contributed by atoms with Crippen LogP contribution in [0.2, 0.25) is 0 Å². The van der Waals surface area contributed by atoms with Gasteiger partial charge < -0.3 is 10.2 Å². The molecule has 1 aromatic heterocycles. The van der Waals surface area contributed by atoms with E-state index in [1.54, 1.807) is 12.1 Å². The van der Waals surface area contributed by atoms with E-state index in [4.69, 9.17) is 0 Å². The average Bonchev–Trinajstić information content (AvgIpc) is 3.20. The van der Waals surface area contributed by atoms with Crippen molar-refractivity contribution in [1.29, 1.82) is 0 Å². The topological polar surface area (TPSA) is 62.3 Å². The van der Waals surface area contributed by atoms with Gasteiger partial charge in [0.15, 0.2) is 0 Å². The Hall–Kier alpha value is -2.28. The molecule has 2 aromatic rings. The van der Waals surface area contributed by atoms with Crippen LogP contribution in [0.4, 0.5) is 4.39 Å². The maximum Gasteiger partial charge on any atom is 0.265 e. The standard InChI is InChI=1S/C25H32FN3O2S/c1-16(23(30)28-21-6-4-3-5-7-21)18-12-14-29(15-13-18)25(31)22-17(2)27-24(32-22)19-8-10-20(26)11-9-19/h8-11,16,18,21H,3-7,12-15H2,1-2H3,(H,28,30)/t16-/m0/s1. The van der Waals surface area contributed by atoms with Crippen molar-refractivity contribution in [2.45, 2.75) is 64.8 Å². The van der Waals surface area contributed by atoms with Gasteiger partial charge in [-0.1, -0.05) is 26.2 Å². The molecule has 1 saturated carbocycles. The molecule has 1 aliphatic heterocycles. The fourth-order valence-corrected chi connectivity index (χ4v) is 5.89. The van der Waals surface area contributed by atoms with E-state index < -0.39 is 0 Å². The Bertz CT molecular complexity index is 945. The third-order valence-corrected chi connectivity index (χ3v) is 8.18. The fourth-order valence-electron chi connectivity index (χ4n) is 4.85. The van der Waals surface area contributed by atoms with Crippen molar-refractivity contribution in [2.75, 3.05) is 13.1 Å². The number of piperidine rings is 1. The molecule has 0 unspecified atom stereocenters. The molecular weight excluding hydrogens is 425 g/mol. The molecule has 32 heavy (non-hydrogen) atoms. The molecule has 1 atom stereocenters. The van der Waals surface area contributed by atoms with Crippen LogP contribution in [0.25, 0.3) is 10.6 Å². The molecule has 5 nitrogen and oxygen atoms in total. The van der Waals surface area contributed by atoms with Gasteiger partial charge in [0.25, 0.3) is 5.91 Å². The number of amides is 2. The minimum absolute atomic E-state index is 0.00567. The van der Waals surface area contributed by atoms with Gasteiger partial charge in [0.05, 0.1) is 5.69 Å². The van der Waals surface area contributed by atoms with Crippen molar-refractivity contribution in [2.24, 2.45) is 11.8 Å². The summed E-state index contributed by atoms with van der Waals surface area (Å²) >= 11 is 1.36. The first-order valence-corrected chi connectivity index (χ1v) is 12.6. The Morgan fingerprint density at radius 2 is 1.75 bits per heavy atom. The van der Waals surface area contributed by atoms with Crippen LogP contribution in [0.1, 0.15) is 67.2 Å². The summed E-state index contributed by atoms with van der Waals surface area (Å²) in [5.41, 5.74) is 1.52. The first-order chi connectivity index (χ1) is 15.4. The Balaban J connectivity index is 1.33. The molecule has 1 N–H and O–H groups in total. The number of carbonyl (C=O) groups excluding carboxylic acids is 2. The summed E-state index contributed by atoms with van der Waals surface area (Å²) in [6.45, 7) is 5.20. The molecule has 1 aromatic carbocycles. The van der Waals surface area contributed by atoms with Crippen LogP contribution in [0.5, 0.6) is 0 Å². The average molecular weight is 458 g/mol. The number of rotatable bonds is 5. The number of hydrogen-bond donors (Lipinski definition) is 1. The normalized spacial score (nSPS) is 19.0. The minimum atomic E-state index is -0.289. The maximum atomic E-state index is 13.2. The molecule has 2 heterocycles. The smallest absolute Gasteiger partial charge is 0.265 e. The molecule has 7 heteroatoms. The van der Waals surface area contributed by atoms with Gasteiger partial charge in [-0.25, -0.2) is 9.37 Å². The molecule has 2 aliphatic rings. The highest BCUT2D eigenvalue weighted by molar-refractivity contribution is 7.17. The zero-order valence-corrected chi connectivity index (χ0v) is 19.7. The highest BCUT2D eigenvalue weighted by Gasteiger charge is 2.32. The number of halogens is 1. The summed E-state index contributed by atoms with van der Waals surface area (Å²) in [5, 5.41) is 3.99. The van der Waals surface area contributed by atoms with Crippen LogP contribution in [-0.4, -0.2) is 40.8 Å². The lowest BCUT2D eigenvalue weighted by Gasteiger charge is -2.35. The number of aromatic nitrogens is 1. The van der Waals surface area contributed by atoms with Crippen LogP contribution in [0.3, 0.4) is 0 Å². The monoisotopic (exact) mass is 457 g/mol. The lowest BCUT2D eigenvalue weighted by Crippen LogP contribution is -2.45. The molecule has 0 radical (unpaired) electrons. The Kier molecular flexibility index (Phi) is 7.23. The largest absolute Gasteiger partial charge is 0.353 e. The van der Waals surface area contributed by atoms with Gasteiger partial charge >= 0.3 is 0 Å². The SMILES string of the molecule is Cc1nc(-c2ccc(F)cc2)sc1C(=O)N1CCC([C@H](C)C(=O)NC2CCCCC2)CC1. The van der Waals surface area contributed by atoms with Crippen molar-refractivity contribution in [3.05, 3.63) is 40.7 Å². The van der Waals surface area contributed by atoms with Crippen molar-refractivity contribution in [3.63, 3.8) is 0 Å². The third-order valence-electron chi connectivity index (χ3n) is 6.98. The van der Waals surface area contributed by atoms with Gasteiger partial charge in [-0.2, -0.15) is 0 Å². The molecule has 4 rings (SSSR count). The zero-order valence-electron chi connectivity index (χ0n) is 18.9. The molecule has 0 bridgehead atoms. The highest BCUT2D eigenvalue weighted by Crippen LogP contribution is 2.31. The summed E-state index contributed by atoms with van der Waals surface area (Å²) in [6.07, 6.45) is 7.57. The number of nitrogens with zero attached hydrogens (tertiary/aromatic N) is 2.